The molecule has 0 bridgehead atoms. The standard InChI is InChI=1S/C19H25N3O3S2/c1-19(2,3)16-13-26-18(20-16)21-17(23)14-7-9-15(10-8-14)27(24,25)22-11-5-4-6-12-22/h7-10,13H,4-6,11-12H2,1-3H3,(H,20,21,23). The Morgan fingerprint density at radius 2 is 1.74 bits per heavy atom. The Morgan fingerprint density at radius 1 is 1.11 bits per heavy atom. The van der Waals surface area contributed by atoms with Gasteiger partial charge in [-0.2, -0.15) is 4.31 Å². The van der Waals surface area contributed by atoms with Crippen LogP contribution in [0.4, 0.5) is 5.13 Å². The molecular formula is C19H25N3O3S2. The van der Waals surface area contributed by atoms with Crippen LogP contribution in [-0.4, -0.2) is 36.7 Å². The highest BCUT2D eigenvalue weighted by Crippen LogP contribution is 2.27. The number of hydrogen-bond donors (Lipinski definition) is 1. The highest BCUT2D eigenvalue weighted by molar-refractivity contribution is 7.89. The maximum atomic E-state index is 12.7. The summed E-state index contributed by atoms with van der Waals surface area (Å²) in [4.78, 5) is 17.1. The molecule has 1 aromatic heterocycles. The van der Waals surface area contributed by atoms with Crippen LogP contribution in [0.2, 0.25) is 0 Å². The Hall–Kier alpha value is -1.77. The minimum atomic E-state index is -3.49. The molecule has 0 atom stereocenters. The van der Waals surface area contributed by atoms with Crippen LogP contribution in [0.25, 0.3) is 0 Å². The van der Waals surface area contributed by atoms with Crippen molar-refractivity contribution in [3.05, 3.63) is 40.9 Å². The third-order valence-electron chi connectivity index (χ3n) is 4.56. The number of nitrogens with one attached hydrogen (secondary N) is 1. The van der Waals surface area contributed by atoms with Crippen molar-refractivity contribution in [2.45, 2.75) is 50.3 Å². The lowest BCUT2D eigenvalue weighted by Gasteiger charge is -2.25. The van der Waals surface area contributed by atoms with Crippen LogP contribution in [0, 0.1) is 0 Å². The predicted octanol–water partition coefficient (Wildman–Crippen LogP) is 3.87. The highest BCUT2D eigenvalue weighted by Gasteiger charge is 2.26. The summed E-state index contributed by atoms with van der Waals surface area (Å²) in [6.07, 6.45) is 2.85. The van der Waals surface area contributed by atoms with Crippen LogP contribution in [0.3, 0.4) is 0 Å². The number of hydrogen-bond acceptors (Lipinski definition) is 5. The van der Waals surface area contributed by atoms with Gasteiger partial charge in [0.15, 0.2) is 5.13 Å². The van der Waals surface area contributed by atoms with Crippen molar-refractivity contribution in [2.24, 2.45) is 0 Å². The fourth-order valence-electron chi connectivity index (χ4n) is 2.88. The maximum Gasteiger partial charge on any atom is 0.257 e. The molecule has 0 saturated carbocycles. The molecule has 1 aliphatic heterocycles. The lowest BCUT2D eigenvalue weighted by atomic mass is 9.93. The molecule has 1 saturated heterocycles. The summed E-state index contributed by atoms with van der Waals surface area (Å²) in [7, 11) is -3.49. The largest absolute Gasteiger partial charge is 0.298 e. The number of piperidine rings is 1. The zero-order valence-corrected chi connectivity index (χ0v) is 17.5. The van der Waals surface area contributed by atoms with E-state index in [1.165, 1.54) is 27.8 Å². The summed E-state index contributed by atoms with van der Waals surface area (Å²) in [5, 5.41) is 5.25. The third-order valence-corrected chi connectivity index (χ3v) is 7.23. The van der Waals surface area contributed by atoms with Crippen LogP contribution in [0.1, 0.15) is 56.1 Å². The van der Waals surface area contributed by atoms with E-state index >= 15 is 0 Å². The Kier molecular flexibility index (Phi) is 5.69. The third kappa shape index (κ3) is 4.56. The molecule has 2 aromatic rings. The van der Waals surface area contributed by atoms with Gasteiger partial charge in [0, 0.05) is 29.4 Å². The van der Waals surface area contributed by atoms with Gasteiger partial charge in [0.25, 0.3) is 5.91 Å². The minimum absolute atomic E-state index is 0.0794. The summed E-state index contributed by atoms with van der Waals surface area (Å²) in [5.41, 5.74) is 1.25. The van der Waals surface area contributed by atoms with E-state index in [-0.39, 0.29) is 16.2 Å². The predicted molar refractivity (Wildman–Crippen MR) is 108 cm³/mol. The molecule has 27 heavy (non-hydrogen) atoms. The van der Waals surface area contributed by atoms with Crippen molar-refractivity contribution in [3.8, 4) is 0 Å². The molecular weight excluding hydrogens is 382 g/mol. The van der Waals surface area contributed by atoms with Gasteiger partial charge in [-0.15, -0.1) is 11.3 Å². The van der Waals surface area contributed by atoms with Gasteiger partial charge < -0.3 is 0 Å². The number of sulfonamides is 1. The van der Waals surface area contributed by atoms with Gasteiger partial charge >= 0.3 is 0 Å². The SMILES string of the molecule is CC(C)(C)c1csc(NC(=O)c2ccc(S(=O)(=O)N3CCCCC3)cc2)n1. The molecule has 0 unspecified atom stereocenters. The van der Waals surface area contributed by atoms with E-state index < -0.39 is 10.0 Å². The second-order valence-corrected chi connectivity index (χ2v) is 10.5. The van der Waals surface area contributed by atoms with E-state index in [0.717, 1.165) is 25.0 Å². The van der Waals surface area contributed by atoms with Gasteiger partial charge in [-0.05, 0) is 37.1 Å². The molecule has 146 valence electrons. The number of nitrogens with zero attached hydrogens (tertiary/aromatic N) is 2. The lowest BCUT2D eigenvalue weighted by molar-refractivity contribution is 0.102. The average molecular weight is 408 g/mol. The lowest BCUT2D eigenvalue weighted by Crippen LogP contribution is -2.35. The molecule has 0 spiro atoms. The summed E-state index contributed by atoms with van der Waals surface area (Å²) < 4.78 is 26.9. The fraction of sp³-hybridized carbons (Fsp3) is 0.474. The van der Waals surface area contributed by atoms with Crippen LogP contribution >= 0.6 is 11.3 Å². The quantitative estimate of drug-likeness (QED) is 0.834. The first-order valence-electron chi connectivity index (χ1n) is 9.05. The molecule has 1 aromatic carbocycles. The zero-order chi connectivity index (χ0) is 19.7. The van der Waals surface area contributed by atoms with Gasteiger partial charge in [-0.25, -0.2) is 13.4 Å². The van der Waals surface area contributed by atoms with E-state index in [2.05, 4.69) is 31.1 Å². The van der Waals surface area contributed by atoms with Crippen molar-refractivity contribution >= 4 is 32.4 Å². The Morgan fingerprint density at radius 3 is 2.30 bits per heavy atom. The molecule has 3 rings (SSSR count). The summed E-state index contributed by atoms with van der Waals surface area (Å²) in [5.74, 6) is -0.299. The van der Waals surface area contributed by atoms with Gasteiger partial charge in [0.2, 0.25) is 10.0 Å². The first-order valence-corrected chi connectivity index (χ1v) is 11.4. The second-order valence-electron chi connectivity index (χ2n) is 7.73. The Labute approximate surface area is 164 Å². The Balaban J connectivity index is 1.71. The number of anilines is 1. The second kappa shape index (κ2) is 7.69. The molecule has 0 radical (unpaired) electrons. The van der Waals surface area contributed by atoms with E-state index in [1.54, 1.807) is 12.1 Å². The van der Waals surface area contributed by atoms with Gasteiger partial charge in [0.1, 0.15) is 0 Å². The first kappa shape index (κ1) is 20.0. The number of benzene rings is 1. The first-order chi connectivity index (χ1) is 12.7. The van der Waals surface area contributed by atoms with E-state index in [0.29, 0.717) is 23.8 Å². The van der Waals surface area contributed by atoms with Crippen LogP contribution in [0.15, 0.2) is 34.5 Å². The zero-order valence-electron chi connectivity index (χ0n) is 15.9. The molecule has 1 aliphatic rings. The van der Waals surface area contributed by atoms with E-state index in [4.69, 9.17) is 0 Å². The van der Waals surface area contributed by atoms with Crippen molar-refractivity contribution in [1.29, 1.82) is 0 Å². The molecule has 0 aliphatic carbocycles. The summed E-state index contributed by atoms with van der Waals surface area (Å²) in [6, 6.07) is 6.09. The molecule has 8 heteroatoms. The number of amides is 1. The summed E-state index contributed by atoms with van der Waals surface area (Å²) >= 11 is 1.38. The van der Waals surface area contributed by atoms with Gasteiger partial charge in [0.05, 0.1) is 10.6 Å². The highest BCUT2D eigenvalue weighted by atomic mass is 32.2. The monoisotopic (exact) mass is 407 g/mol. The van der Waals surface area contributed by atoms with Crippen LogP contribution in [0.5, 0.6) is 0 Å². The smallest absolute Gasteiger partial charge is 0.257 e. The number of rotatable bonds is 4. The average Bonchev–Trinajstić information content (AvgIpc) is 3.11. The topological polar surface area (TPSA) is 79.4 Å². The van der Waals surface area contributed by atoms with Crippen molar-refractivity contribution in [1.82, 2.24) is 9.29 Å². The van der Waals surface area contributed by atoms with Crippen LogP contribution < -0.4 is 5.32 Å². The maximum absolute atomic E-state index is 12.7. The number of carbonyl (C=O) groups is 1. The van der Waals surface area contributed by atoms with Gasteiger partial charge in [-0.1, -0.05) is 27.2 Å². The molecule has 6 nitrogen and oxygen atoms in total. The van der Waals surface area contributed by atoms with Gasteiger partial charge in [-0.3, -0.25) is 10.1 Å². The van der Waals surface area contributed by atoms with Crippen LogP contribution in [-0.2, 0) is 15.4 Å². The number of aromatic nitrogens is 1. The van der Waals surface area contributed by atoms with E-state index in [9.17, 15) is 13.2 Å². The number of carbonyl (C=O) groups excluding carboxylic acids is 1. The number of thiazole rings is 1. The van der Waals surface area contributed by atoms with Crippen molar-refractivity contribution < 1.29 is 13.2 Å². The van der Waals surface area contributed by atoms with Crippen molar-refractivity contribution in [2.75, 3.05) is 18.4 Å². The van der Waals surface area contributed by atoms with Crippen molar-refractivity contribution in [3.63, 3.8) is 0 Å². The Bertz CT molecular complexity index is 906. The minimum Gasteiger partial charge on any atom is -0.298 e. The molecule has 2 heterocycles. The summed E-state index contributed by atoms with van der Waals surface area (Å²) in [6.45, 7) is 7.31. The molecule has 1 fully saturated rings. The normalized spacial score (nSPS) is 16.3. The molecule has 1 amide bonds. The fourth-order valence-corrected chi connectivity index (χ4v) is 5.33. The molecule has 1 N–H and O–H groups in total. The van der Waals surface area contributed by atoms with E-state index in [1.807, 2.05) is 5.38 Å².